The predicted molar refractivity (Wildman–Crippen MR) is 138 cm³/mol. The van der Waals surface area contributed by atoms with Crippen LogP contribution in [0.5, 0.6) is 0 Å². The van der Waals surface area contributed by atoms with E-state index in [4.69, 9.17) is 9.98 Å². The number of hydrogen-bond donors (Lipinski definition) is 0. The third kappa shape index (κ3) is 7.28. The normalized spacial score (nSPS) is 11.3. The van der Waals surface area contributed by atoms with Crippen LogP contribution in [0.3, 0.4) is 0 Å². The quantitative estimate of drug-likeness (QED) is 0.215. The summed E-state index contributed by atoms with van der Waals surface area (Å²) in [5.74, 6) is 0. The minimum atomic E-state index is 0.875. The van der Waals surface area contributed by atoms with Gasteiger partial charge < -0.3 is 0 Å². The van der Waals surface area contributed by atoms with Gasteiger partial charge in [-0.15, -0.1) is 11.3 Å². The fourth-order valence-electron chi connectivity index (χ4n) is 3.52. The Kier molecular flexibility index (Phi) is 10.2. The molecule has 0 N–H and O–H groups in total. The molecule has 0 saturated heterocycles. The molecule has 0 atom stereocenters. The maximum absolute atomic E-state index is 4.73. The Morgan fingerprint density at radius 1 is 0.667 bits per heavy atom. The number of hydrogen-bond acceptors (Lipinski definition) is 3. The predicted octanol–water partition coefficient (Wildman–Crippen LogP) is 8.79. The SMILES string of the molecule is Cc1cc(C)c(N=Cc2ccc(C=Nc3c(C)cc(C)cc3C)s2)c(C)c1.[Br][Fe][Br]. The molecule has 0 unspecified atom stereocenters. The van der Waals surface area contributed by atoms with Gasteiger partial charge in [0.25, 0.3) is 0 Å². The summed E-state index contributed by atoms with van der Waals surface area (Å²) in [7, 11) is 0. The van der Waals surface area contributed by atoms with E-state index >= 15 is 0 Å². The van der Waals surface area contributed by atoms with Crippen molar-refractivity contribution in [1.29, 1.82) is 0 Å². The summed E-state index contributed by atoms with van der Waals surface area (Å²) in [6.07, 6.45) is 3.91. The summed E-state index contributed by atoms with van der Waals surface area (Å²) in [4.78, 5) is 11.7. The van der Waals surface area contributed by atoms with Crippen LogP contribution < -0.4 is 0 Å². The average Bonchev–Trinajstić information content (AvgIpc) is 3.08. The molecule has 1 aromatic heterocycles. The second kappa shape index (κ2) is 12.1. The first-order valence-electron chi connectivity index (χ1n) is 9.44. The van der Waals surface area contributed by atoms with Crippen LogP contribution in [0.2, 0.25) is 0 Å². The van der Waals surface area contributed by atoms with E-state index in [9.17, 15) is 0 Å². The summed E-state index contributed by atoms with van der Waals surface area (Å²) in [5.41, 5.74) is 9.55. The number of halogens is 2. The topological polar surface area (TPSA) is 24.7 Å². The van der Waals surface area contributed by atoms with Crippen molar-refractivity contribution < 1.29 is 11.3 Å². The minimum absolute atomic E-state index is 0.875. The van der Waals surface area contributed by atoms with Crippen LogP contribution in [0.4, 0.5) is 11.4 Å². The number of aryl methyl sites for hydroxylation is 6. The van der Waals surface area contributed by atoms with Crippen molar-refractivity contribution >= 4 is 63.4 Å². The van der Waals surface area contributed by atoms with Gasteiger partial charge in [0, 0.05) is 22.2 Å². The molecule has 0 radical (unpaired) electrons. The third-order valence-electron chi connectivity index (χ3n) is 4.56. The van der Waals surface area contributed by atoms with E-state index in [0.29, 0.717) is 0 Å². The van der Waals surface area contributed by atoms with E-state index in [0.717, 1.165) is 32.5 Å². The molecule has 0 aliphatic rings. The van der Waals surface area contributed by atoms with Crippen molar-refractivity contribution in [1.82, 2.24) is 0 Å². The molecule has 0 aliphatic carbocycles. The number of rotatable bonds is 4. The molecule has 3 aromatic rings. The molecule has 2 nitrogen and oxygen atoms in total. The standard InChI is InChI=1S/C24H26N2S.2BrH.Fe/c1-15-9-17(3)23(18(4)10-15)25-13-21-7-8-22(27-21)14-26-24-19(5)11-16(2)12-20(24)6;;;/h7-14H,1-6H3;2*1H;/q;;;+2/p-2. The van der Waals surface area contributed by atoms with E-state index in [1.807, 2.05) is 12.4 Å². The van der Waals surface area contributed by atoms with Gasteiger partial charge >= 0.3 is 39.6 Å². The summed E-state index contributed by atoms with van der Waals surface area (Å²) in [6, 6.07) is 12.9. The van der Waals surface area contributed by atoms with Gasteiger partial charge in [-0.2, -0.15) is 0 Å². The van der Waals surface area contributed by atoms with Crippen molar-refractivity contribution in [2.45, 2.75) is 41.5 Å². The van der Waals surface area contributed by atoms with Crippen LogP contribution in [-0.4, -0.2) is 12.4 Å². The summed E-state index contributed by atoms with van der Waals surface area (Å²) < 4.78 is 0. The molecule has 0 bridgehead atoms. The zero-order valence-electron chi connectivity index (χ0n) is 18.0. The van der Waals surface area contributed by atoms with E-state index in [-0.39, 0.29) is 0 Å². The Bertz CT molecular complexity index is 943. The van der Waals surface area contributed by atoms with Crippen LogP contribution >= 0.6 is 39.6 Å². The van der Waals surface area contributed by atoms with Gasteiger partial charge in [-0.25, -0.2) is 0 Å². The van der Waals surface area contributed by atoms with Gasteiger partial charge in [-0.05, 0) is 75.9 Å². The molecule has 6 heteroatoms. The van der Waals surface area contributed by atoms with Crippen molar-refractivity contribution in [2.75, 3.05) is 0 Å². The van der Waals surface area contributed by atoms with Crippen LogP contribution in [0.15, 0.2) is 46.4 Å². The van der Waals surface area contributed by atoms with E-state index in [1.54, 1.807) is 11.3 Å². The molecular formula is C24H26Br2FeN2S. The zero-order chi connectivity index (χ0) is 22.3. The van der Waals surface area contributed by atoms with Crippen molar-refractivity contribution in [2.24, 2.45) is 9.98 Å². The van der Waals surface area contributed by atoms with Gasteiger partial charge in [0.2, 0.25) is 0 Å². The maximum atomic E-state index is 4.73. The van der Waals surface area contributed by atoms with Gasteiger partial charge in [-0.3, -0.25) is 9.98 Å². The molecule has 30 heavy (non-hydrogen) atoms. The Morgan fingerprint density at radius 3 is 1.27 bits per heavy atom. The molecule has 0 fully saturated rings. The molecule has 2 aromatic carbocycles. The van der Waals surface area contributed by atoms with E-state index in [1.165, 1.54) is 33.4 Å². The van der Waals surface area contributed by atoms with Gasteiger partial charge in [0.1, 0.15) is 0 Å². The Labute approximate surface area is 204 Å². The summed E-state index contributed by atoms with van der Waals surface area (Å²) in [6.45, 7) is 12.7. The molecule has 160 valence electrons. The molecule has 0 aliphatic heterocycles. The van der Waals surface area contributed by atoms with E-state index in [2.05, 4.69) is 106 Å². The Morgan fingerprint density at radius 2 is 0.967 bits per heavy atom. The Hall–Kier alpha value is -1.04. The fraction of sp³-hybridized carbons (Fsp3) is 0.250. The molecule has 0 spiro atoms. The zero-order valence-corrected chi connectivity index (χ0v) is 23.1. The Balaban J connectivity index is 0.00000101. The van der Waals surface area contributed by atoms with Gasteiger partial charge in [0.15, 0.2) is 0 Å². The van der Waals surface area contributed by atoms with Crippen molar-refractivity contribution in [3.63, 3.8) is 0 Å². The van der Waals surface area contributed by atoms with Crippen LogP contribution in [0, 0.1) is 41.5 Å². The number of nitrogens with zero attached hydrogens (tertiary/aromatic N) is 2. The molecule has 0 saturated carbocycles. The van der Waals surface area contributed by atoms with Crippen molar-refractivity contribution in [3.05, 3.63) is 79.5 Å². The van der Waals surface area contributed by atoms with Crippen LogP contribution in [0.1, 0.15) is 43.1 Å². The van der Waals surface area contributed by atoms with Crippen molar-refractivity contribution in [3.8, 4) is 0 Å². The average molecular weight is 590 g/mol. The first-order valence-corrected chi connectivity index (χ1v) is 15.7. The number of thiophene rings is 1. The molecule has 3 rings (SSSR count). The van der Waals surface area contributed by atoms with Gasteiger partial charge in [0.05, 0.1) is 11.4 Å². The first kappa shape index (κ1) is 25.2. The molecular weight excluding hydrogens is 564 g/mol. The second-order valence-corrected chi connectivity index (χ2v) is 14.0. The van der Waals surface area contributed by atoms with E-state index < -0.39 is 0 Å². The van der Waals surface area contributed by atoms with Crippen LogP contribution in [0.25, 0.3) is 0 Å². The second-order valence-electron chi connectivity index (χ2n) is 7.30. The monoisotopic (exact) mass is 588 g/mol. The number of benzene rings is 2. The molecule has 1 heterocycles. The summed E-state index contributed by atoms with van der Waals surface area (Å²) >= 11 is 8.70. The van der Waals surface area contributed by atoms with Gasteiger partial charge in [-0.1, -0.05) is 35.4 Å². The third-order valence-corrected chi connectivity index (χ3v) is 5.51. The summed E-state index contributed by atoms with van der Waals surface area (Å²) in [5, 5.41) is 0. The fourth-order valence-corrected chi connectivity index (χ4v) is 4.27. The number of aliphatic imine (C=N–C) groups is 2. The molecule has 0 amide bonds. The van der Waals surface area contributed by atoms with Crippen LogP contribution in [-0.2, 0) is 11.3 Å². The first-order chi connectivity index (χ1) is 14.2.